The number of rotatable bonds is 7. The van der Waals surface area contributed by atoms with Crippen LogP contribution in [0.1, 0.15) is 23.9 Å². The van der Waals surface area contributed by atoms with Gasteiger partial charge < -0.3 is 5.32 Å². The summed E-state index contributed by atoms with van der Waals surface area (Å²) in [4.78, 5) is 12.4. The first-order valence-electron chi connectivity index (χ1n) is 7.90. The molecular formula is C18H20N4OS. The summed E-state index contributed by atoms with van der Waals surface area (Å²) < 4.78 is 1.94. The van der Waals surface area contributed by atoms with E-state index in [9.17, 15) is 4.79 Å². The monoisotopic (exact) mass is 340 g/mol. The second kappa shape index (κ2) is 7.97. The summed E-state index contributed by atoms with van der Waals surface area (Å²) in [6, 6.07) is 15.4. The largest absolute Gasteiger partial charge is 0.346 e. The molecule has 0 bridgehead atoms. The fourth-order valence-electron chi connectivity index (χ4n) is 2.63. The quantitative estimate of drug-likeness (QED) is 0.718. The van der Waals surface area contributed by atoms with E-state index < -0.39 is 0 Å². The van der Waals surface area contributed by atoms with Gasteiger partial charge in [0, 0.05) is 6.20 Å². The number of aromatic nitrogens is 3. The zero-order valence-electron chi connectivity index (χ0n) is 13.6. The van der Waals surface area contributed by atoms with Crippen LogP contribution in [0.4, 0.5) is 0 Å². The van der Waals surface area contributed by atoms with Crippen molar-refractivity contribution in [3.63, 3.8) is 0 Å². The normalized spacial score (nSPS) is 12.2. The fourth-order valence-corrected chi connectivity index (χ4v) is 3.10. The Hall–Kier alpha value is -2.34. The predicted molar refractivity (Wildman–Crippen MR) is 97.0 cm³/mol. The van der Waals surface area contributed by atoms with Gasteiger partial charge in [-0.15, -0.1) is 10.2 Å². The van der Waals surface area contributed by atoms with Gasteiger partial charge in [0.25, 0.3) is 0 Å². The van der Waals surface area contributed by atoms with Crippen LogP contribution in [0, 0.1) is 0 Å². The molecule has 0 unspecified atom stereocenters. The Morgan fingerprint density at radius 3 is 2.75 bits per heavy atom. The molecule has 0 spiro atoms. The molecule has 0 aliphatic carbocycles. The van der Waals surface area contributed by atoms with Gasteiger partial charge in [-0.3, -0.25) is 9.20 Å². The number of hydrogen-bond acceptors (Lipinski definition) is 4. The molecule has 0 aliphatic heterocycles. The van der Waals surface area contributed by atoms with Crippen LogP contribution < -0.4 is 5.32 Å². The Balaban J connectivity index is 1.77. The van der Waals surface area contributed by atoms with Gasteiger partial charge in [-0.1, -0.05) is 36.4 Å². The number of amides is 1. The highest BCUT2D eigenvalue weighted by atomic mass is 32.2. The predicted octanol–water partition coefficient (Wildman–Crippen LogP) is 2.88. The minimum atomic E-state index is -0.147. The summed E-state index contributed by atoms with van der Waals surface area (Å²) in [7, 11) is 0. The van der Waals surface area contributed by atoms with Crippen LogP contribution in [0.5, 0.6) is 0 Å². The second-order valence-electron chi connectivity index (χ2n) is 5.55. The minimum Gasteiger partial charge on any atom is -0.346 e. The van der Waals surface area contributed by atoms with Gasteiger partial charge in [0.15, 0.2) is 11.5 Å². The molecule has 5 nitrogen and oxygen atoms in total. The van der Waals surface area contributed by atoms with E-state index in [0.29, 0.717) is 6.42 Å². The zero-order chi connectivity index (χ0) is 16.8. The highest BCUT2D eigenvalue weighted by molar-refractivity contribution is 7.98. The lowest BCUT2D eigenvalue weighted by Gasteiger charge is -2.17. The third-order valence-electron chi connectivity index (χ3n) is 3.81. The minimum absolute atomic E-state index is 0.0000146. The lowest BCUT2D eigenvalue weighted by atomic mass is 10.1. The van der Waals surface area contributed by atoms with Crippen molar-refractivity contribution in [2.24, 2.45) is 0 Å². The van der Waals surface area contributed by atoms with Crippen molar-refractivity contribution in [1.29, 1.82) is 0 Å². The number of nitrogens with one attached hydrogen (secondary N) is 1. The van der Waals surface area contributed by atoms with Crippen LogP contribution >= 0.6 is 11.8 Å². The van der Waals surface area contributed by atoms with Crippen molar-refractivity contribution in [1.82, 2.24) is 19.9 Å². The number of nitrogens with zero attached hydrogens (tertiary/aromatic N) is 3. The average molecular weight is 340 g/mol. The smallest absolute Gasteiger partial charge is 0.225 e. The van der Waals surface area contributed by atoms with Gasteiger partial charge in [-0.2, -0.15) is 11.8 Å². The van der Waals surface area contributed by atoms with Crippen molar-refractivity contribution in [3.8, 4) is 0 Å². The van der Waals surface area contributed by atoms with Crippen molar-refractivity contribution in [2.45, 2.75) is 18.9 Å². The molecule has 1 N–H and O–H groups in total. The van der Waals surface area contributed by atoms with E-state index >= 15 is 0 Å². The summed E-state index contributed by atoms with van der Waals surface area (Å²) >= 11 is 1.75. The Labute approximate surface area is 145 Å². The number of hydrogen-bond donors (Lipinski definition) is 1. The number of fused-ring (bicyclic) bond motifs is 1. The van der Waals surface area contributed by atoms with Gasteiger partial charge in [0.1, 0.15) is 0 Å². The lowest BCUT2D eigenvalue weighted by molar-refractivity contribution is -0.121. The first kappa shape index (κ1) is 16.5. The third-order valence-corrected chi connectivity index (χ3v) is 4.45. The van der Waals surface area contributed by atoms with Gasteiger partial charge in [0.2, 0.25) is 5.91 Å². The van der Waals surface area contributed by atoms with Crippen molar-refractivity contribution in [3.05, 3.63) is 66.1 Å². The van der Waals surface area contributed by atoms with Gasteiger partial charge >= 0.3 is 0 Å². The number of thioether (sulfide) groups is 1. The average Bonchev–Trinajstić information content (AvgIpc) is 3.03. The lowest BCUT2D eigenvalue weighted by Crippen LogP contribution is -2.31. The summed E-state index contributed by atoms with van der Waals surface area (Å²) in [6.45, 7) is 0. The molecule has 2 aromatic heterocycles. The van der Waals surface area contributed by atoms with Crippen LogP contribution in [0.15, 0.2) is 54.7 Å². The Morgan fingerprint density at radius 1 is 1.17 bits per heavy atom. The summed E-state index contributed by atoms with van der Waals surface area (Å²) in [5.41, 5.74) is 1.80. The highest BCUT2D eigenvalue weighted by Crippen LogP contribution is 2.18. The molecule has 6 heteroatoms. The molecule has 0 saturated heterocycles. The number of carbonyl (C=O) groups is 1. The number of benzene rings is 1. The molecule has 1 atom stereocenters. The van der Waals surface area contributed by atoms with E-state index in [1.165, 1.54) is 0 Å². The summed E-state index contributed by atoms with van der Waals surface area (Å²) in [6.07, 6.45) is 5.18. The molecule has 0 radical (unpaired) electrons. The maximum absolute atomic E-state index is 12.4. The van der Waals surface area contributed by atoms with Crippen LogP contribution in [0.2, 0.25) is 0 Å². The maximum Gasteiger partial charge on any atom is 0.225 e. The molecule has 3 rings (SSSR count). The first-order chi connectivity index (χ1) is 11.8. The molecule has 1 aromatic carbocycles. The SMILES string of the molecule is CSCC[C@H](NC(=O)Cc1ccccc1)c1nnc2ccccn12. The first-order valence-corrected chi connectivity index (χ1v) is 9.29. The zero-order valence-corrected chi connectivity index (χ0v) is 14.4. The van der Waals surface area contributed by atoms with Crippen LogP contribution in [0.3, 0.4) is 0 Å². The maximum atomic E-state index is 12.4. The molecule has 3 aromatic rings. The molecule has 24 heavy (non-hydrogen) atoms. The Kier molecular flexibility index (Phi) is 5.48. The van der Waals surface area contributed by atoms with Crippen LogP contribution in [-0.2, 0) is 11.2 Å². The van der Waals surface area contributed by atoms with Gasteiger partial charge in [0.05, 0.1) is 12.5 Å². The van der Waals surface area contributed by atoms with E-state index in [4.69, 9.17) is 0 Å². The molecular weight excluding hydrogens is 320 g/mol. The van der Waals surface area contributed by atoms with Crippen molar-refractivity contribution < 1.29 is 4.79 Å². The summed E-state index contributed by atoms with van der Waals surface area (Å²) in [5, 5.41) is 11.6. The van der Waals surface area contributed by atoms with Crippen LogP contribution in [-0.4, -0.2) is 32.5 Å². The molecule has 0 fully saturated rings. The van der Waals surface area contributed by atoms with E-state index in [-0.39, 0.29) is 11.9 Å². The standard InChI is InChI=1S/C18H20N4OS/c1-24-12-10-15(18-21-20-16-9-5-6-11-22(16)18)19-17(23)13-14-7-3-2-4-8-14/h2-9,11,15H,10,12-13H2,1H3,(H,19,23)/t15-/m0/s1. The molecule has 0 saturated carbocycles. The van der Waals surface area contributed by atoms with E-state index in [0.717, 1.165) is 29.2 Å². The van der Waals surface area contributed by atoms with Gasteiger partial charge in [-0.05, 0) is 36.1 Å². The Morgan fingerprint density at radius 2 is 1.96 bits per heavy atom. The van der Waals surface area contributed by atoms with Crippen molar-refractivity contribution in [2.75, 3.05) is 12.0 Å². The fraction of sp³-hybridized carbons (Fsp3) is 0.278. The van der Waals surface area contributed by atoms with Crippen molar-refractivity contribution >= 4 is 23.3 Å². The highest BCUT2D eigenvalue weighted by Gasteiger charge is 2.20. The Bertz CT molecular complexity index is 803. The molecule has 124 valence electrons. The molecule has 0 aliphatic rings. The van der Waals surface area contributed by atoms with E-state index in [1.807, 2.05) is 59.1 Å². The van der Waals surface area contributed by atoms with Gasteiger partial charge in [-0.25, -0.2) is 0 Å². The topological polar surface area (TPSA) is 59.3 Å². The number of carbonyl (C=O) groups excluding carboxylic acids is 1. The van der Waals surface area contributed by atoms with E-state index in [2.05, 4.69) is 21.8 Å². The second-order valence-corrected chi connectivity index (χ2v) is 6.54. The van der Waals surface area contributed by atoms with E-state index in [1.54, 1.807) is 11.8 Å². The molecule has 2 heterocycles. The van der Waals surface area contributed by atoms with Crippen LogP contribution in [0.25, 0.3) is 5.65 Å². The molecule has 1 amide bonds. The summed E-state index contributed by atoms with van der Waals surface area (Å²) in [5.74, 6) is 1.72. The number of pyridine rings is 1. The third kappa shape index (κ3) is 3.94.